The van der Waals surface area contributed by atoms with Crippen molar-refractivity contribution in [3.63, 3.8) is 0 Å². The van der Waals surface area contributed by atoms with Crippen LogP contribution < -0.4 is 10.2 Å². The third kappa shape index (κ3) is 5.58. The number of fused-ring (bicyclic) bond motifs is 1. The Hall–Kier alpha value is -2.93. The number of anilines is 1. The maximum Gasteiger partial charge on any atom is 0.407 e. The lowest BCUT2D eigenvalue weighted by Crippen LogP contribution is -2.45. The fraction of sp³-hybridized carbons (Fsp3) is 0.519. The molecule has 1 fully saturated rings. The van der Waals surface area contributed by atoms with Crippen molar-refractivity contribution < 1.29 is 14.3 Å². The molecule has 182 valence electrons. The summed E-state index contributed by atoms with van der Waals surface area (Å²) in [6.45, 7) is 10.5. The van der Waals surface area contributed by atoms with Gasteiger partial charge in [0.1, 0.15) is 0 Å². The van der Waals surface area contributed by atoms with E-state index in [1.165, 1.54) is 24.8 Å². The number of nitrogens with one attached hydrogen (secondary N) is 1. The van der Waals surface area contributed by atoms with E-state index < -0.39 is 6.09 Å². The largest absolute Gasteiger partial charge is 0.447 e. The van der Waals surface area contributed by atoms with Crippen molar-refractivity contribution in [1.82, 2.24) is 15.2 Å². The molecule has 7 heteroatoms. The fourth-order valence-corrected chi connectivity index (χ4v) is 5.09. The number of piperidine rings is 1. The van der Waals surface area contributed by atoms with Gasteiger partial charge in [-0.3, -0.25) is 14.7 Å². The zero-order valence-corrected chi connectivity index (χ0v) is 20.7. The second-order valence-electron chi connectivity index (χ2n) is 9.79. The molecule has 1 N–H and O–H groups in total. The summed E-state index contributed by atoms with van der Waals surface area (Å²) < 4.78 is 5.32. The zero-order valence-electron chi connectivity index (χ0n) is 20.7. The van der Waals surface area contributed by atoms with Crippen molar-refractivity contribution in [2.45, 2.75) is 78.1 Å². The van der Waals surface area contributed by atoms with E-state index in [0.29, 0.717) is 6.42 Å². The average molecular weight is 465 g/mol. The van der Waals surface area contributed by atoms with Crippen molar-refractivity contribution in [3.8, 4) is 11.3 Å². The molecule has 0 bridgehead atoms. The van der Waals surface area contributed by atoms with Gasteiger partial charge in [0, 0.05) is 37.0 Å². The number of pyridine rings is 1. The Balaban J connectivity index is 1.59. The van der Waals surface area contributed by atoms with E-state index in [9.17, 15) is 9.59 Å². The first kappa shape index (κ1) is 24.2. The molecule has 0 saturated carbocycles. The van der Waals surface area contributed by atoms with Gasteiger partial charge < -0.3 is 15.0 Å². The first-order valence-corrected chi connectivity index (χ1v) is 12.4. The molecule has 0 unspecified atom stereocenters. The molecule has 34 heavy (non-hydrogen) atoms. The Kier molecular flexibility index (Phi) is 7.51. The van der Waals surface area contributed by atoms with Gasteiger partial charge in [0.15, 0.2) is 0 Å². The number of amides is 2. The second kappa shape index (κ2) is 10.6. The van der Waals surface area contributed by atoms with Crippen LogP contribution in [0.4, 0.5) is 10.5 Å². The molecule has 1 aromatic heterocycles. The van der Waals surface area contributed by atoms with Crippen LogP contribution in [0.2, 0.25) is 0 Å². The van der Waals surface area contributed by atoms with Crippen molar-refractivity contribution in [3.05, 3.63) is 47.7 Å². The molecule has 0 aliphatic carbocycles. The van der Waals surface area contributed by atoms with Gasteiger partial charge in [-0.2, -0.15) is 0 Å². The number of aromatic nitrogens is 1. The summed E-state index contributed by atoms with van der Waals surface area (Å²) in [5.74, 6) is -0.00935. The van der Waals surface area contributed by atoms with Gasteiger partial charge in [-0.1, -0.05) is 18.6 Å². The molecule has 7 nitrogen and oxygen atoms in total. The average Bonchev–Trinajstić information content (AvgIpc) is 2.79. The molecule has 2 aromatic rings. The molecule has 3 heterocycles. The molecule has 2 aliphatic rings. The highest BCUT2D eigenvalue weighted by Crippen LogP contribution is 2.39. The van der Waals surface area contributed by atoms with Crippen molar-refractivity contribution in [2.75, 3.05) is 18.0 Å². The second-order valence-corrected chi connectivity index (χ2v) is 9.79. The zero-order chi connectivity index (χ0) is 24.2. The minimum absolute atomic E-state index is 0.00935. The van der Waals surface area contributed by atoms with E-state index in [4.69, 9.17) is 9.72 Å². The Morgan fingerprint density at radius 3 is 2.56 bits per heavy atom. The summed E-state index contributed by atoms with van der Waals surface area (Å²) in [5, 5.41) is 3.00. The number of alkyl carbamates (subject to hydrolysis) is 1. The van der Waals surface area contributed by atoms with Crippen LogP contribution in [0, 0.1) is 0 Å². The van der Waals surface area contributed by atoms with Crippen LogP contribution in [-0.4, -0.2) is 47.1 Å². The van der Waals surface area contributed by atoms with Gasteiger partial charge in [0.05, 0.1) is 17.8 Å². The highest BCUT2D eigenvalue weighted by Gasteiger charge is 2.34. The summed E-state index contributed by atoms with van der Waals surface area (Å²) in [7, 11) is 0. The molecule has 0 spiro atoms. The van der Waals surface area contributed by atoms with E-state index in [1.807, 2.05) is 45.2 Å². The lowest BCUT2D eigenvalue weighted by atomic mass is 9.89. The number of hydrogen-bond acceptors (Lipinski definition) is 5. The summed E-state index contributed by atoms with van der Waals surface area (Å²) in [6, 6.07) is 9.94. The molecule has 2 amide bonds. The van der Waals surface area contributed by atoms with Crippen LogP contribution in [0.3, 0.4) is 0 Å². The fourth-order valence-electron chi connectivity index (χ4n) is 5.09. The maximum absolute atomic E-state index is 12.4. The lowest BCUT2D eigenvalue weighted by Gasteiger charge is -2.39. The van der Waals surface area contributed by atoms with Gasteiger partial charge in [-0.05, 0) is 82.4 Å². The summed E-state index contributed by atoms with van der Waals surface area (Å²) in [5.41, 5.74) is 4.79. The molecule has 2 aliphatic heterocycles. The van der Waals surface area contributed by atoms with Crippen molar-refractivity contribution in [1.29, 1.82) is 0 Å². The van der Waals surface area contributed by atoms with Crippen molar-refractivity contribution in [2.24, 2.45) is 0 Å². The number of nitrogens with zero attached hydrogens (tertiary/aromatic N) is 3. The van der Waals surface area contributed by atoms with E-state index in [-0.39, 0.29) is 24.1 Å². The first-order valence-electron chi connectivity index (χ1n) is 12.4. The number of carbonyl (C=O) groups is 2. The van der Waals surface area contributed by atoms with E-state index in [1.54, 1.807) is 11.8 Å². The SMILES string of the molecule is CC(=O)N1c2ccc(-c3ccc(CN4CCCCC4)cn3)cc2[C@H](NC(=O)OC(C)C)C[C@@H]1C. The number of carbonyl (C=O) groups excluding carboxylic acids is 2. The van der Waals surface area contributed by atoms with Crippen LogP contribution in [0.5, 0.6) is 0 Å². The number of benzene rings is 1. The summed E-state index contributed by atoms with van der Waals surface area (Å²) >= 11 is 0. The number of likely N-dealkylation sites (tertiary alicyclic amines) is 1. The Morgan fingerprint density at radius 1 is 1.15 bits per heavy atom. The minimum Gasteiger partial charge on any atom is -0.447 e. The monoisotopic (exact) mass is 464 g/mol. The van der Waals surface area contributed by atoms with Crippen LogP contribution in [0.1, 0.15) is 70.5 Å². The topological polar surface area (TPSA) is 74.8 Å². The predicted molar refractivity (Wildman–Crippen MR) is 134 cm³/mol. The molecule has 4 rings (SSSR count). The lowest BCUT2D eigenvalue weighted by molar-refractivity contribution is -0.117. The Labute approximate surface area is 202 Å². The molecule has 1 saturated heterocycles. The highest BCUT2D eigenvalue weighted by molar-refractivity contribution is 5.94. The smallest absolute Gasteiger partial charge is 0.407 e. The Morgan fingerprint density at radius 2 is 1.91 bits per heavy atom. The maximum atomic E-state index is 12.4. The number of rotatable bonds is 5. The molecule has 0 radical (unpaired) electrons. The van der Waals surface area contributed by atoms with Crippen LogP contribution in [-0.2, 0) is 16.1 Å². The van der Waals surface area contributed by atoms with Crippen LogP contribution in [0.15, 0.2) is 36.5 Å². The molecular formula is C27H36N4O3. The van der Waals surface area contributed by atoms with Gasteiger partial charge >= 0.3 is 6.09 Å². The number of ether oxygens (including phenoxy) is 1. The first-order chi connectivity index (χ1) is 16.3. The highest BCUT2D eigenvalue weighted by atomic mass is 16.6. The van der Waals surface area contributed by atoms with E-state index in [2.05, 4.69) is 22.3 Å². The molecule has 1 aromatic carbocycles. The third-order valence-electron chi connectivity index (χ3n) is 6.63. The predicted octanol–water partition coefficient (Wildman–Crippen LogP) is 5.06. The minimum atomic E-state index is -0.444. The summed E-state index contributed by atoms with van der Waals surface area (Å²) in [6.07, 6.45) is 5.81. The van der Waals surface area contributed by atoms with Gasteiger partial charge in [-0.25, -0.2) is 4.79 Å². The van der Waals surface area contributed by atoms with Gasteiger partial charge in [0.25, 0.3) is 0 Å². The summed E-state index contributed by atoms with van der Waals surface area (Å²) in [4.78, 5) is 33.8. The Bertz CT molecular complexity index is 1020. The van der Waals surface area contributed by atoms with Crippen molar-refractivity contribution >= 4 is 17.7 Å². The van der Waals surface area contributed by atoms with Crippen LogP contribution in [0.25, 0.3) is 11.3 Å². The molecule has 2 atom stereocenters. The van der Waals surface area contributed by atoms with Crippen LogP contribution >= 0.6 is 0 Å². The molecular weight excluding hydrogens is 428 g/mol. The van der Waals surface area contributed by atoms with E-state index >= 15 is 0 Å². The normalized spacial score (nSPS) is 20.7. The van der Waals surface area contributed by atoms with Gasteiger partial charge in [-0.15, -0.1) is 0 Å². The quantitative estimate of drug-likeness (QED) is 0.670. The van der Waals surface area contributed by atoms with Gasteiger partial charge in [0.2, 0.25) is 5.91 Å². The van der Waals surface area contributed by atoms with E-state index in [0.717, 1.165) is 42.1 Å². The number of hydrogen-bond donors (Lipinski definition) is 1. The standard InChI is InChI=1S/C27H36N4O3/c1-18(2)34-27(33)29-25-14-19(3)31(20(4)32)26-11-9-22(15-23(25)26)24-10-8-21(16-28-24)17-30-12-6-5-7-13-30/h8-11,15-16,18-19,25H,5-7,12-14,17H2,1-4H3,(H,29,33)/t19-,25+/m0/s1. The third-order valence-corrected chi connectivity index (χ3v) is 6.63.